The van der Waals surface area contributed by atoms with Crippen molar-refractivity contribution >= 4 is 8.32 Å². The number of hydrogen-bond acceptors (Lipinski definition) is 1. The number of rotatable bonds is 4. The first kappa shape index (κ1) is 13.8. The van der Waals surface area contributed by atoms with E-state index in [9.17, 15) is 13.2 Å². The first-order valence-corrected chi connectivity index (χ1v) is 8.33. The Morgan fingerprint density at radius 3 is 2.53 bits per heavy atom. The van der Waals surface area contributed by atoms with E-state index >= 15 is 0 Å². The predicted molar refractivity (Wildman–Crippen MR) is 64.6 cm³/mol. The van der Waals surface area contributed by atoms with Gasteiger partial charge in [-0.25, -0.2) is 0 Å². The summed E-state index contributed by atoms with van der Waals surface area (Å²) < 4.78 is 43.1. The third-order valence-corrected chi connectivity index (χ3v) is 4.25. The molecule has 0 unspecified atom stereocenters. The molecule has 0 radical (unpaired) electrons. The van der Waals surface area contributed by atoms with Crippen LogP contribution in [0.1, 0.15) is 5.56 Å². The minimum atomic E-state index is -4.33. The number of alkyl halides is 3. The zero-order chi connectivity index (χ0) is 13.1. The van der Waals surface area contributed by atoms with E-state index in [1.807, 2.05) is 13.1 Å². The van der Waals surface area contributed by atoms with Gasteiger partial charge < -0.3 is 4.43 Å². The van der Waals surface area contributed by atoms with E-state index in [1.54, 1.807) is 12.1 Å². The van der Waals surface area contributed by atoms with Gasteiger partial charge in [0.15, 0.2) is 0 Å². The lowest BCUT2D eigenvalue weighted by molar-refractivity contribution is -0.137. The highest BCUT2D eigenvalue weighted by Crippen LogP contribution is 2.32. The van der Waals surface area contributed by atoms with E-state index in [-0.39, 0.29) is 5.75 Å². The maximum absolute atomic E-state index is 12.5. The maximum atomic E-state index is 12.5. The molecule has 0 fully saturated rings. The van der Waals surface area contributed by atoms with Crippen LogP contribution in [0.5, 0.6) is 5.75 Å². The summed E-state index contributed by atoms with van der Waals surface area (Å²) >= 11 is 0. The average molecular weight is 260 g/mol. The van der Waals surface area contributed by atoms with Crippen LogP contribution in [0.2, 0.25) is 19.1 Å². The van der Waals surface area contributed by atoms with Gasteiger partial charge in [0.1, 0.15) is 5.75 Å². The van der Waals surface area contributed by atoms with Gasteiger partial charge in [-0.3, -0.25) is 0 Å². The molecule has 0 bridgehead atoms. The van der Waals surface area contributed by atoms with Gasteiger partial charge in [-0.2, -0.15) is 13.2 Å². The van der Waals surface area contributed by atoms with E-state index in [0.29, 0.717) is 6.04 Å². The van der Waals surface area contributed by atoms with Gasteiger partial charge in [-0.1, -0.05) is 12.1 Å². The summed E-state index contributed by atoms with van der Waals surface area (Å²) in [4.78, 5) is 0. The van der Waals surface area contributed by atoms with Crippen LogP contribution < -0.4 is 4.43 Å². The fourth-order valence-corrected chi connectivity index (χ4v) is 2.99. The molecule has 0 N–H and O–H groups in total. The zero-order valence-corrected chi connectivity index (χ0v) is 10.8. The van der Waals surface area contributed by atoms with Crippen LogP contribution in [-0.4, -0.2) is 8.32 Å². The first-order chi connectivity index (χ1) is 7.74. The Bertz CT molecular complexity index is 399. The van der Waals surface area contributed by atoms with Crippen molar-refractivity contribution in [2.75, 3.05) is 0 Å². The fraction of sp³-hybridized carbons (Fsp3) is 0.333. The molecule has 0 saturated carbocycles. The lowest BCUT2D eigenvalue weighted by atomic mass is 10.2. The van der Waals surface area contributed by atoms with Crippen molar-refractivity contribution in [1.82, 2.24) is 0 Å². The molecule has 1 rings (SSSR count). The largest absolute Gasteiger partial charge is 0.544 e. The molecule has 0 atom stereocenters. The Balaban J connectivity index is 2.90. The van der Waals surface area contributed by atoms with Crippen LogP contribution in [0.15, 0.2) is 36.9 Å². The molecule has 0 amide bonds. The van der Waals surface area contributed by atoms with Crippen molar-refractivity contribution in [2.45, 2.75) is 25.3 Å². The van der Waals surface area contributed by atoms with Crippen molar-refractivity contribution in [1.29, 1.82) is 0 Å². The second kappa shape index (κ2) is 4.95. The third-order valence-electron chi connectivity index (χ3n) is 2.19. The van der Waals surface area contributed by atoms with Gasteiger partial charge in [0.05, 0.1) is 5.56 Å². The van der Waals surface area contributed by atoms with E-state index in [1.165, 1.54) is 6.07 Å². The maximum Gasteiger partial charge on any atom is 0.416 e. The highest BCUT2D eigenvalue weighted by Gasteiger charge is 2.31. The van der Waals surface area contributed by atoms with Crippen molar-refractivity contribution in [3.63, 3.8) is 0 Å². The van der Waals surface area contributed by atoms with Gasteiger partial charge in [-0.05, 0) is 37.3 Å². The molecule has 0 saturated heterocycles. The smallest absolute Gasteiger partial charge is 0.416 e. The van der Waals surface area contributed by atoms with Gasteiger partial charge in [0.2, 0.25) is 8.32 Å². The van der Waals surface area contributed by atoms with E-state index < -0.39 is 20.1 Å². The molecule has 0 spiro atoms. The SMILES string of the molecule is C=CC[Si](C)(C)Oc1cccc(C(F)(F)F)c1. The van der Waals surface area contributed by atoms with Gasteiger partial charge >= 0.3 is 6.18 Å². The highest BCUT2D eigenvalue weighted by atomic mass is 28.4. The molecule has 0 aliphatic rings. The topological polar surface area (TPSA) is 9.23 Å². The molecule has 5 heteroatoms. The molecule has 17 heavy (non-hydrogen) atoms. The average Bonchev–Trinajstić information content (AvgIpc) is 2.15. The van der Waals surface area contributed by atoms with E-state index in [0.717, 1.165) is 12.1 Å². The molecule has 1 aromatic rings. The summed E-state index contributed by atoms with van der Waals surface area (Å²) in [6.07, 6.45) is -2.59. The lowest BCUT2D eigenvalue weighted by Gasteiger charge is -2.23. The highest BCUT2D eigenvalue weighted by molar-refractivity contribution is 6.72. The van der Waals surface area contributed by atoms with E-state index in [4.69, 9.17) is 4.43 Å². The molecular formula is C12H15F3OSi. The lowest BCUT2D eigenvalue weighted by Crippen LogP contribution is -2.33. The third kappa shape index (κ3) is 4.26. The molecule has 94 valence electrons. The Morgan fingerprint density at radius 2 is 2.00 bits per heavy atom. The van der Waals surface area contributed by atoms with Crippen molar-refractivity contribution in [2.24, 2.45) is 0 Å². The summed E-state index contributed by atoms with van der Waals surface area (Å²) in [5.41, 5.74) is -0.682. The molecule has 1 aromatic carbocycles. The van der Waals surface area contributed by atoms with Crippen LogP contribution in [-0.2, 0) is 6.18 Å². The summed E-state index contributed by atoms with van der Waals surface area (Å²) in [5, 5.41) is 0. The molecule has 0 aliphatic heterocycles. The summed E-state index contributed by atoms with van der Waals surface area (Å²) in [7, 11) is -2.01. The first-order valence-electron chi connectivity index (χ1n) is 5.22. The Labute approximate surface area is 100 Å². The minimum Gasteiger partial charge on any atom is -0.544 e. The number of allylic oxidation sites excluding steroid dienone is 1. The summed E-state index contributed by atoms with van der Waals surface area (Å²) in [6.45, 7) is 7.50. The van der Waals surface area contributed by atoms with Crippen LogP contribution in [0.3, 0.4) is 0 Å². The van der Waals surface area contributed by atoms with Crippen molar-refractivity contribution in [3.8, 4) is 5.75 Å². The number of hydrogen-bond donors (Lipinski definition) is 0. The Hall–Kier alpha value is -1.23. The normalized spacial score (nSPS) is 12.3. The summed E-state index contributed by atoms with van der Waals surface area (Å²) in [6, 6.07) is 5.68. The van der Waals surface area contributed by atoms with E-state index in [2.05, 4.69) is 6.58 Å². The minimum absolute atomic E-state index is 0.276. The monoisotopic (exact) mass is 260 g/mol. The quantitative estimate of drug-likeness (QED) is 0.573. The molecule has 0 aliphatic carbocycles. The van der Waals surface area contributed by atoms with Crippen molar-refractivity contribution < 1.29 is 17.6 Å². The van der Waals surface area contributed by atoms with Gasteiger partial charge in [-0.15, -0.1) is 6.58 Å². The summed E-state index contributed by atoms with van der Waals surface area (Å²) in [5.74, 6) is 0.276. The number of halogens is 3. The number of benzene rings is 1. The van der Waals surface area contributed by atoms with Crippen LogP contribution in [0.4, 0.5) is 13.2 Å². The molecular weight excluding hydrogens is 245 g/mol. The second-order valence-corrected chi connectivity index (χ2v) is 8.51. The standard InChI is InChI=1S/C12H15F3OSi/c1-4-8-17(2,3)16-11-7-5-6-10(9-11)12(13,14)15/h4-7,9H,1,8H2,2-3H3. The molecule has 1 nitrogen and oxygen atoms in total. The van der Waals surface area contributed by atoms with Crippen LogP contribution >= 0.6 is 0 Å². The zero-order valence-electron chi connectivity index (χ0n) is 9.84. The second-order valence-electron chi connectivity index (χ2n) is 4.38. The Kier molecular flexibility index (Phi) is 4.03. The molecule has 0 heterocycles. The van der Waals surface area contributed by atoms with Gasteiger partial charge in [0.25, 0.3) is 0 Å². The molecule has 0 aromatic heterocycles. The van der Waals surface area contributed by atoms with Crippen LogP contribution in [0, 0.1) is 0 Å². The fourth-order valence-electron chi connectivity index (χ4n) is 1.44. The van der Waals surface area contributed by atoms with Crippen molar-refractivity contribution in [3.05, 3.63) is 42.5 Å². The van der Waals surface area contributed by atoms with Gasteiger partial charge in [0, 0.05) is 0 Å². The Morgan fingerprint density at radius 1 is 1.35 bits per heavy atom. The predicted octanol–water partition coefficient (Wildman–Crippen LogP) is 4.48. The van der Waals surface area contributed by atoms with Crippen LogP contribution in [0.25, 0.3) is 0 Å².